The molecule has 0 saturated carbocycles. The zero-order chi connectivity index (χ0) is 21.3. The van der Waals surface area contributed by atoms with E-state index < -0.39 is 0 Å². The predicted octanol–water partition coefficient (Wildman–Crippen LogP) is 4.75. The van der Waals surface area contributed by atoms with Crippen LogP contribution in [-0.4, -0.2) is 33.0 Å². The number of methoxy groups -OCH3 is 4. The monoisotopic (exact) mass is 402 g/mol. The van der Waals surface area contributed by atoms with Crippen LogP contribution in [0, 0.1) is 11.3 Å². The molecule has 0 radical (unpaired) electrons. The van der Waals surface area contributed by atoms with E-state index in [2.05, 4.69) is 10.6 Å². The SMILES string of the molecule is COc1cc2c3ccc(OC)c(OC)c3n(Cc3ccc(C#N)cc3)c2cc1OC. The molecule has 0 aliphatic heterocycles. The molecule has 152 valence electrons. The Kier molecular flexibility index (Phi) is 5.11. The van der Waals surface area contributed by atoms with E-state index in [1.165, 1.54) is 0 Å². The Labute approximate surface area is 174 Å². The van der Waals surface area contributed by atoms with Gasteiger partial charge in [0.2, 0.25) is 0 Å². The summed E-state index contributed by atoms with van der Waals surface area (Å²) >= 11 is 0. The number of benzene rings is 3. The molecule has 6 nitrogen and oxygen atoms in total. The smallest absolute Gasteiger partial charge is 0.185 e. The molecule has 1 aromatic heterocycles. The molecule has 0 saturated heterocycles. The maximum absolute atomic E-state index is 9.09. The highest BCUT2D eigenvalue weighted by atomic mass is 16.5. The van der Waals surface area contributed by atoms with Crippen molar-refractivity contribution in [3.05, 3.63) is 59.7 Å². The zero-order valence-electron chi connectivity index (χ0n) is 17.4. The van der Waals surface area contributed by atoms with Crippen molar-refractivity contribution in [1.82, 2.24) is 4.57 Å². The fraction of sp³-hybridized carbons (Fsp3) is 0.208. The Bertz CT molecular complexity index is 1270. The summed E-state index contributed by atoms with van der Waals surface area (Å²) in [6.07, 6.45) is 0. The molecular formula is C24H22N2O4. The van der Waals surface area contributed by atoms with Gasteiger partial charge in [0.15, 0.2) is 23.0 Å². The van der Waals surface area contributed by atoms with Gasteiger partial charge in [-0.2, -0.15) is 5.26 Å². The number of fused-ring (bicyclic) bond motifs is 3. The van der Waals surface area contributed by atoms with Crippen LogP contribution in [-0.2, 0) is 6.54 Å². The number of aromatic nitrogens is 1. The first-order chi connectivity index (χ1) is 14.6. The predicted molar refractivity (Wildman–Crippen MR) is 116 cm³/mol. The van der Waals surface area contributed by atoms with Crippen molar-refractivity contribution in [2.24, 2.45) is 0 Å². The van der Waals surface area contributed by atoms with Gasteiger partial charge < -0.3 is 23.5 Å². The molecule has 0 aliphatic rings. The van der Waals surface area contributed by atoms with Gasteiger partial charge in [-0.15, -0.1) is 0 Å². The van der Waals surface area contributed by atoms with Crippen LogP contribution in [0.15, 0.2) is 48.5 Å². The van der Waals surface area contributed by atoms with Gasteiger partial charge in [0.25, 0.3) is 0 Å². The zero-order valence-corrected chi connectivity index (χ0v) is 17.4. The summed E-state index contributed by atoms with van der Waals surface area (Å²) in [5.41, 5.74) is 3.60. The number of nitriles is 1. The molecule has 0 unspecified atom stereocenters. The van der Waals surface area contributed by atoms with E-state index in [4.69, 9.17) is 24.2 Å². The summed E-state index contributed by atoms with van der Waals surface area (Å²) in [5.74, 6) is 2.64. The third kappa shape index (κ3) is 3.05. The Morgan fingerprint density at radius 1 is 0.767 bits per heavy atom. The van der Waals surface area contributed by atoms with Crippen molar-refractivity contribution in [2.75, 3.05) is 28.4 Å². The van der Waals surface area contributed by atoms with Crippen molar-refractivity contribution >= 4 is 21.8 Å². The minimum Gasteiger partial charge on any atom is -0.493 e. The fourth-order valence-corrected chi connectivity index (χ4v) is 3.86. The first kappa shape index (κ1) is 19.5. The summed E-state index contributed by atoms with van der Waals surface area (Å²) in [6, 6.07) is 17.6. The van der Waals surface area contributed by atoms with Crippen LogP contribution in [0.25, 0.3) is 21.8 Å². The Morgan fingerprint density at radius 3 is 2.03 bits per heavy atom. The molecule has 3 aromatic carbocycles. The molecule has 4 rings (SSSR count). The van der Waals surface area contributed by atoms with Crippen molar-refractivity contribution in [2.45, 2.75) is 6.54 Å². The van der Waals surface area contributed by atoms with Gasteiger partial charge in [0, 0.05) is 23.4 Å². The van der Waals surface area contributed by atoms with Crippen LogP contribution in [0.2, 0.25) is 0 Å². The Morgan fingerprint density at radius 2 is 1.43 bits per heavy atom. The highest BCUT2D eigenvalue weighted by Gasteiger charge is 2.20. The van der Waals surface area contributed by atoms with Gasteiger partial charge in [0.1, 0.15) is 0 Å². The van der Waals surface area contributed by atoms with E-state index in [-0.39, 0.29) is 0 Å². The Hall–Kier alpha value is -3.85. The van der Waals surface area contributed by atoms with E-state index in [1.807, 2.05) is 48.5 Å². The van der Waals surface area contributed by atoms with E-state index in [0.717, 1.165) is 27.4 Å². The molecule has 0 spiro atoms. The number of nitrogens with zero attached hydrogens (tertiary/aromatic N) is 2. The van der Waals surface area contributed by atoms with Crippen molar-refractivity contribution in [1.29, 1.82) is 5.26 Å². The highest BCUT2D eigenvalue weighted by Crippen LogP contribution is 2.44. The highest BCUT2D eigenvalue weighted by molar-refractivity contribution is 6.11. The third-order valence-electron chi connectivity index (χ3n) is 5.30. The quantitative estimate of drug-likeness (QED) is 0.466. The summed E-state index contributed by atoms with van der Waals surface area (Å²) < 4.78 is 24.5. The van der Waals surface area contributed by atoms with Gasteiger partial charge in [-0.1, -0.05) is 12.1 Å². The van der Waals surface area contributed by atoms with Crippen molar-refractivity contribution in [3.8, 4) is 29.1 Å². The van der Waals surface area contributed by atoms with E-state index >= 15 is 0 Å². The van der Waals surface area contributed by atoms with Crippen molar-refractivity contribution < 1.29 is 18.9 Å². The van der Waals surface area contributed by atoms with Gasteiger partial charge in [0.05, 0.1) is 51.1 Å². The van der Waals surface area contributed by atoms with E-state index in [0.29, 0.717) is 35.1 Å². The maximum atomic E-state index is 9.09. The van der Waals surface area contributed by atoms with Gasteiger partial charge in [-0.05, 0) is 35.9 Å². The van der Waals surface area contributed by atoms with Gasteiger partial charge in [-0.25, -0.2) is 0 Å². The summed E-state index contributed by atoms with van der Waals surface area (Å²) in [4.78, 5) is 0. The number of rotatable bonds is 6. The average molecular weight is 402 g/mol. The fourth-order valence-electron chi connectivity index (χ4n) is 3.86. The van der Waals surface area contributed by atoms with Crippen LogP contribution in [0.1, 0.15) is 11.1 Å². The number of hydrogen-bond acceptors (Lipinski definition) is 5. The van der Waals surface area contributed by atoms with Crippen LogP contribution in [0.5, 0.6) is 23.0 Å². The van der Waals surface area contributed by atoms with Crippen LogP contribution in [0.3, 0.4) is 0 Å². The van der Waals surface area contributed by atoms with E-state index in [1.54, 1.807) is 28.4 Å². The lowest BCUT2D eigenvalue weighted by atomic mass is 10.1. The topological polar surface area (TPSA) is 65.6 Å². The van der Waals surface area contributed by atoms with Gasteiger partial charge in [-0.3, -0.25) is 0 Å². The van der Waals surface area contributed by atoms with Crippen LogP contribution >= 0.6 is 0 Å². The lowest BCUT2D eigenvalue weighted by Gasteiger charge is -2.13. The minimum absolute atomic E-state index is 0.588. The molecular weight excluding hydrogens is 380 g/mol. The first-order valence-electron chi connectivity index (χ1n) is 9.43. The molecule has 6 heteroatoms. The molecule has 30 heavy (non-hydrogen) atoms. The third-order valence-corrected chi connectivity index (χ3v) is 5.30. The molecule has 0 aliphatic carbocycles. The van der Waals surface area contributed by atoms with Crippen LogP contribution < -0.4 is 18.9 Å². The van der Waals surface area contributed by atoms with Gasteiger partial charge >= 0.3 is 0 Å². The number of ether oxygens (including phenoxy) is 4. The standard InChI is InChI=1S/C24H22N2O4/c1-27-20-10-9-17-18-11-21(28-2)22(29-3)12-19(18)26(23(17)24(20)30-4)14-16-7-5-15(13-25)6-8-16/h5-12H,14H2,1-4H3. The molecule has 0 N–H and O–H groups in total. The molecule has 0 fully saturated rings. The maximum Gasteiger partial charge on any atom is 0.185 e. The summed E-state index contributed by atoms with van der Waals surface area (Å²) in [5, 5.41) is 11.1. The molecule has 0 amide bonds. The molecule has 4 aromatic rings. The molecule has 1 heterocycles. The second-order valence-corrected chi connectivity index (χ2v) is 6.82. The number of hydrogen-bond donors (Lipinski definition) is 0. The normalized spacial score (nSPS) is 10.8. The summed E-state index contributed by atoms with van der Waals surface area (Å²) in [7, 11) is 6.52. The largest absolute Gasteiger partial charge is 0.493 e. The Balaban J connectivity index is 2.05. The minimum atomic E-state index is 0.588. The molecule has 0 atom stereocenters. The first-order valence-corrected chi connectivity index (χ1v) is 9.43. The lowest BCUT2D eigenvalue weighted by molar-refractivity contribution is 0.355. The lowest BCUT2D eigenvalue weighted by Crippen LogP contribution is -2.02. The summed E-state index contributed by atoms with van der Waals surface area (Å²) in [6.45, 7) is 0.588. The van der Waals surface area contributed by atoms with E-state index in [9.17, 15) is 0 Å². The van der Waals surface area contributed by atoms with Crippen molar-refractivity contribution in [3.63, 3.8) is 0 Å². The second kappa shape index (κ2) is 7.88. The molecule has 0 bridgehead atoms. The average Bonchev–Trinajstić information content (AvgIpc) is 3.10. The van der Waals surface area contributed by atoms with Crippen LogP contribution in [0.4, 0.5) is 0 Å². The second-order valence-electron chi connectivity index (χ2n) is 6.82.